The zero-order valence-corrected chi connectivity index (χ0v) is 16.5. The molecule has 0 atom stereocenters. The molecule has 3 rings (SSSR count). The lowest BCUT2D eigenvalue weighted by atomic mass is 10.3. The lowest BCUT2D eigenvalue weighted by Crippen LogP contribution is -2.37. The summed E-state index contributed by atoms with van der Waals surface area (Å²) >= 11 is 3.41. The predicted octanol–water partition coefficient (Wildman–Crippen LogP) is 3.58. The fourth-order valence-corrected chi connectivity index (χ4v) is 6.26. The molecule has 0 saturated heterocycles. The number of aromatic nitrogens is 2. The second-order valence-electron chi connectivity index (χ2n) is 6.40. The molecular weight excluding hydrogens is 392 g/mol. The van der Waals surface area contributed by atoms with Crippen molar-refractivity contribution >= 4 is 50.1 Å². The van der Waals surface area contributed by atoms with Gasteiger partial charge in [-0.2, -0.15) is 0 Å². The van der Waals surface area contributed by atoms with Crippen molar-refractivity contribution in [2.24, 2.45) is 0 Å². The predicted molar refractivity (Wildman–Crippen MR) is 99.4 cm³/mol. The molecule has 4 nitrogen and oxygen atoms in total. The molecule has 2 heterocycles. The molecule has 0 amide bonds. The minimum absolute atomic E-state index is 0.273. The topological polar surface area (TPSA) is 52.0 Å². The van der Waals surface area contributed by atoms with Crippen LogP contribution in [-0.4, -0.2) is 25.4 Å². The molecule has 0 saturated carbocycles. The Hall–Kier alpha value is -1.44. The first-order valence-electron chi connectivity index (χ1n) is 7.19. The monoisotopic (exact) mass is 408 g/mol. The summed E-state index contributed by atoms with van der Waals surface area (Å²) in [6.07, 6.45) is 3.47. The van der Waals surface area contributed by atoms with Gasteiger partial charge in [0.2, 0.25) is 0 Å². The van der Waals surface area contributed by atoms with E-state index < -0.39 is 18.1 Å². The van der Waals surface area contributed by atoms with Crippen LogP contribution in [0, 0.1) is 0 Å². The third-order valence-electron chi connectivity index (χ3n) is 3.74. The van der Waals surface area contributed by atoms with Gasteiger partial charge in [0.15, 0.2) is 0 Å². The van der Waals surface area contributed by atoms with Gasteiger partial charge < -0.3 is 0 Å². The lowest BCUT2D eigenvalue weighted by Gasteiger charge is -2.14. The van der Waals surface area contributed by atoms with Gasteiger partial charge >= 0.3 is 0 Å². The van der Waals surface area contributed by atoms with E-state index in [9.17, 15) is 8.42 Å². The fraction of sp³-hybridized carbons (Fsp3) is 0.188. The van der Waals surface area contributed by atoms with Crippen molar-refractivity contribution in [2.45, 2.75) is 24.5 Å². The average molecular weight is 409 g/mol. The highest BCUT2D eigenvalue weighted by Crippen LogP contribution is 2.27. The molecular formula is C16H17BrN2O2SSi. The minimum atomic E-state index is -3.66. The van der Waals surface area contributed by atoms with Crippen molar-refractivity contribution in [1.29, 1.82) is 0 Å². The van der Waals surface area contributed by atoms with Crippen molar-refractivity contribution in [3.05, 3.63) is 53.4 Å². The number of nitrogens with zero attached hydrogens (tertiary/aromatic N) is 2. The van der Waals surface area contributed by atoms with Crippen molar-refractivity contribution in [2.75, 3.05) is 0 Å². The maximum Gasteiger partial charge on any atom is 0.268 e. The Morgan fingerprint density at radius 2 is 1.74 bits per heavy atom. The molecule has 0 aliphatic rings. The Balaban J connectivity index is 2.40. The van der Waals surface area contributed by atoms with Gasteiger partial charge in [-0.15, -0.1) is 0 Å². The van der Waals surface area contributed by atoms with Crippen LogP contribution in [0.4, 0.5) is 0 Å². The van der Waals surface area contributed by atoms with Gasteiger partial charge in [0, 0.05) is 17.8 Å². The second-order valence-corrected chi connectivity index (χ2v) is 14.0. The molecule has 0 unspecified atom stereocenters. The summed E-state index contributed by atoms with van der Waals surface area (Å²) in [7, 11) is -5.37. The summed E-state index contributed by atoms with van der Waals surface area (Å²) in [5.74, 6) is 0. The Labute approximate surface area is 145 Å². The zero-order chi connectivity index (χ0) is 16.8. The normalized spacial score (nSPS) is 12.7. The van der Waals surface area contributed by atoms with E-state index in [1.54, 1.807) is 42.7 Å². The number of hydrogen-bond donors (Lipinski definition) is 0. The van der Waals surface area contributed by atoms with Crippen LogP contribution in [0.15, 0.2) is 58.3 Å². The second kappa shape index (κ2) is 5.57. The van der Waals surface area contributed by atoms with E-state index >= 15 is 0 Å². The molecule has 1 aromatic carbocycles. The van der Waals surface area contributed by atoms with Crippen molar-refractivity contribution in [3.63, 3.8) is 0 Å². The minimum Gasteiger partial charge on any atom is -0.247 e. The van der Waals surface area contributed by atoms with Gasteiger partial charge in [-0.1, -0.05) is 37.8 Å². The molecule has 0 bridgehead atoms. The summed E-state index contributed by atoms with van der Waals surface area (Å²) in [6, 6.07) is 10.4. The number of rotatable bonds is 3. The first-order chi connectivity index (χ1) is 10.7. The highest BCUT2D eigenvalue weighted by molar-refractivity contribution is 9.10. The molecule has 0 radical (unpaired) electrons. The summed E-state index contributed by atoms with van der Waals surface area (Å²) in [6.45, 7) is 6.61. The lowest BCUT2D eigenvalue weighted by molar-refractivity contribution is 0.589. The highest BCUT2D eigenvalue weighted by Gasteiger charge is 2.28. The number of hydrogen-bond acceptors (Lipinski definition) is 3. The number of benzene rings is 1. The van der Waals surface area contributed by atoms with Crippen LogP contribution in [0.2, 0.25) is 19.6 Å². The van der Waals surface area contributed by atoms with Crippen molar-refractivity contribution < 1.29 is 8.42 Å². The van der Waals surface area contributed by atoms with E-state index in [2.05, 4.69) is 40.6 Å². The Morgan fingerprint density at radius 3 is 2.35 bits per heavy atom. The van der Waals surface area contributed by atoms with E-state index in [1.165, 1.54) is 3.97 Å². The van der Waals surface area contributed by atoms with Gasteiger partial charge in [-0.3, -0.25) is 0 Å². The number of pyridine rings is 1. The summed E-state index contributed by atoms with van der Waals surface area (Å²) < 4.78 is 28.0. The standard InChI is InChI=1S/C16H17BrN2O2SSi/c1-23(2,3)14-11-19(15-13(14)9-10-18-16(15)17)22(20,21)12-7-5-4-6-8-12/h4-11H,1-3H3. The molecule has 0 N–H and O–H groups in total. The Morgan fingerprint density at radius 1 is 1.09 bits per heavy atom. The Bertz CT molecular complexity index is 976. The highest BCUT2D eigenvalue weighted by atomic mass is 79.9. The molecule has 3 aromatic rings. The zero-order valence-electron chi connectivity index (χ0n) is 13.1. The maximum absolute atomic E-state index is 13.1. The van der Waals surface area contributed by atoms with Crippen molar-refractivity contribution in [1.82, 2.24) is 8.96 Å². The first kappa shape index (κ1) is 16.4. The van der Waals surface area contributed by atoms with Gasteiger partial charge in [0.1, 0.15) is 4.60 Å². The molecule has 2 aromatic heterocycles. The molecule has 0 aliphatic heterocycles. The van der Waals surface area contributed by atoms with Crippen LogP contribution >= 0.6 is 15.9 Å². The van der Waals surface area contributed by atoms with E-state index in [0.717, 1.165) is 10.6 Å². The third-order valence-corrected chi connectivity index (χ3v) is 8.01. The van der Waals surface area contributed by atoms with Gasteiger partial charge in [-0.25, -0.2) is 17.4 Å². The van der Waals surface area contributed by atoms with E-state index in [1.807, 2.05) is 6.07 Å². The smallest absolute Gasteiger partial charge is 0.247 e. The van der Waals surface area contributed by atoms with Gasteiger partial charge in [0.05, 0.1) is 18.5 Å². The van der Waals surface area contributed by atoms with E-state index in [0.29, 0.717) is 10.1 Å². The number of fused-ring (bicyclic) bond motifs is 1. The fourth-order valence-electron chi connectivity index (χ4n) is 2.60. The molecule has 7 heteroatoms. The van der Waals surface area contributed by atoms with Gasteiger partial charge in [0.25, 0.3) is 10.0 Å². The summed E-state index contributed by atoms with van der Waals surface area (Å²) in [4.78, 5) is 4.49. The third kappa shape index (κ3) is 2.77. The summed E-state index contributed by atoms with van der Waals surface area (Å²) in [5, 5.41) is 2.06. The molecule has 0 fully saturated rings. The van der Waals surface area contributed by atoms with Gasteiger partial charge in [-0.05, 0) is 39.3 Å². The Kier molecular flexibility index (Phi) is 3.98. The molecule has 0 aliphatic carbocycles. The van der Waals surface area contributed by atoms with Crippen molar-refractivity contribution in [3.8, 4) is 0 Å². The van der Waals surface area contributed by atoms with Crippen LogP contribution in [0.5, 0.6) is 0 Å². The number of halogens is 1. The quantitative estimate of drug-likeness (QED) is 0.491. The maximum atomic E-state index is 13.1. The van der Waals surface area contributed by atoms with E-state index in [-0.39, 0.29) is 4.90 Å². The molecule has 23 heavy (non-hydrogen) atoms. The average Bonchev–Trinajstić information content (AvgIpc) is 2.90. The largest absolute Gasteiger partial charge is 0.268 e. The summed E-state index contributed by atoms with van der Waals surface area (Å²) in [5.41, 5.74) is 0.605. The van der Waals surface area contributed by atoms with Crippen LogP contribution in [0.1, 0.15) is 0 Å². The molecule has 120 valence electrons. The van der Waals surface area contributed by atoms with Crippen LogP contribution in [0.3, 0.4) is 0 Å². The van der Waals surface area contributed by atoms with E-state index in [4.69, 9.17) is 0 Å². The van der Waals surface area contributed by atoms with Crippen LogP contribution < -0.4 is 5.19 Å². The molecule has 0 spiro atoms. The van der Waals surface area contributed by atoms with Crippen LogP contribution in [0.25, 0.3) is 10.9 Å². The van der Waals surface area contributed by atoms with Crippen LogP contribution in [-0.2, 0) is 10.0 Å². The SMILES string of the molecule is C[Si](C)(C)c1cn(S(=O)(=O)c2ccccc2)c2c(Br)nccc12. The first-order valence-corrected chi connectivity index (χ1v) is 12.9.